The smallest absolute Gasteiger partial charge is 0.275 e. The third-order valence-electron chi connectivity index (χ3n) is 2.89. The number of benzene rings is 2. The van der Waals surface area contributed by atoms with E-state index in [-0.39, 0.29) is 22.8 Å². The van der Waals surface area contributed by atoms with Crippen LogP contribution in [0.2, 0.25) is 0 Å². The van der Waals surface area contributed by atoms with Gasteiger partial charge in [-0.15, -0.1) is 0 Å². The number of nitrogens with one attached hydrogen (secondary N) is 1. The molecule has 0 atom stereocenters. The molecule has 2 aromatic rings. The van der Waals surface area contributed by atoms with E-state index in [1.54, 1.807) is 19.1 Å². The van der Waals surface area contributed by atoms with Gasteiger partial charge >= 0.3 is 0 Å². The van der Waals surface area contributed by atoms with E-state index in [0.717, 1.165) is 6.07 Å². The van der Waals surface area contributed by atoms with Crippen molar-refractivity contribution < 1.29 is 24.9 Å². The van der Waals surface area contributed by atoms with E-state index >= 15 is 0 Å². The predicted octanol–water partition coefficient (Wildman–Crippen LogP) is 1.97. The van der Waals surface area contributed by atoms with E-state index in [1.807, 2.05) is 0 Å². The van der Waals surface area contributed by atoms with Gasteiger partial charge in [0, 0.05) is 6.07 Å². The van der Waals surface area contributed by atoms with Gasteiger partial charge in [0.05, 0.1) is 18.4 Å². The number of hydrogen-bond donors (Lipinski definition) is 4. The number of ether oxygens (including phenoxy) is 1. The molecular weight excluding hydrogens is 300 g/mol. The fraction of sp³-hybridized carbons (Fsp3) is 0.125. The Bertz CT molecular complexity index is 743. The van der Waals surface area contributed by atoms with Crippen molar-refractivity contribution in [3.05, 3.63) is 47.5 Å². The first-order chi connectivity index (χ1) is 11.0. The number of hydrazone groups is 1. The van der Waals surface area contributed by atoms with Crippen LogP contribution in [0, 0.1) is 0 Å². The Kier molecular flexibility index (Phi) is 5.03. The monoisotopic (exact) mass is 316 g/mol. The Morgan fingerprint density at radius 1 is 1.17 bits per heavy atom. The van der Waals surface area contributed by atoms with Crippen LogP contribution in [-0.4, -0.2) is 34.0 Å². The van der Waals surface area contributed by atoms with Gasteiger partial charge in [-0.2, -0.15) is 5.10 Å². The Morgan fingerprint density at radius 3 is 2.65 bits per heavy atom. The average molecular weight is 316 g/mol. The lowest BCUT2D eigenvalue weighted by Crippen LogP contribution is -2.17. The third kappa shape index (κ3) is 4.13. The van der Waals surface area contributed by atoms with Crippen molar-refractivity contribution in [2.45, 2.75) is 6.92 Å². The molecule has 0 aromatic heterocycles. The third-order valence-corrected chi connectivity index (χ3v) is 2.89. The van der Waals surface area contributed by atoms with Crippen LogP contribution in [0.4, 0.5) is 0 Å². The summed E-state index contributed by atoms with van der Waals surface area (Å²) < 4.78 is 5.25. The molecule has 0 spiro atoms. The zero-order valence-electron chi connectivity index (χ0n) is 12.4. The van der Waals surface area contributed by atoms with Crippen LogP contribution in [-0.2, 0) is 0 Å². The van der Waals surface area contributed by atoms with Gasteiger partial charge in [-0.25, -0.2) is 5.43 Å². The van der Waals surface area contributed by atoms with Crippen molar-refractivity contribution in [1.82, 2.24) is 5.43 Å². The fourth-order valence-corrected chi connectivity index (χ4v) is 1.82. The van der Waals surface area contributed by atoms with Gasteiger partial charge in [-0.3, -0.25) is 4.79 Å². The number of hydrogen-bond acceptors (Lipinski definition) is 6. The Balaban J connectivity index is 2.06. The number of phenols is 3. The maximum Gasteiger partial charge on any atom is 0.275 e. The highest BCUT2D eigenvalue weighted by Gasteiger charge is 2.10. The second-order valence-electron chi connectivity index (χ2n) is 4.56. The highest BCUT2D eigenvalue weighted by molar-refractivity contribution is 5.97. The van der Waals surface area contributed by atoms with Gasteiger partial charge in [0.15, 0.2) is 11.5 Å². The van der Waals surface area contributed by atoms with Crippen LogP contribution < -0.4 is 10.2 Å². The molecule has 2 aromatic carbocycles. The van der Waals surface area contributed by atoms with E-state index in [9.17, 15) is 20.1 Å². The molecule has 0 radical (unpaired) electrons. The second-order valence-corrected chi connectivity index (χ2v) is 4.56. The van der Waals surface area contributed by atoms with Gasteiger partial charge in [0.1, 0.15) is 11.5 Å². The molecule has 0 aliphatic rings. The summed E-state index contributed by atoms with van der Waals surface area (Å²) in [6, 6.07) is 8.26. The predicted molar refractivity (Wildman–Crippen MR) is 84.1 cm³/mol. The van der Waals surface area contributed by atoms with Gasteiger partial charge in [0.25, 0.3) is 5.91 Å². The van der Waals surface area contributed by atoms with E-state index in [4.69, 9.17) is 4.74 Å². The maximum absolute atomic E-state index is 11.9. The van der Waals surface area contributed by atoms with Gasteiger partial charge < -0.3 is 20.1 Å². The Morgan fingerprint density at radius 2 is 1.96 bits per heavy atom. The molecule has 120 valence electrons. The van der Waals surface area contributed by atoms with Crippen LogP contribution in [0.25, 0.3) is 0 Å². The molecule has 0 unspecified atom stereocenters. The summed E-state index contributed by atoms with van der Waals surface area (Å²) in [6.07, 6.45) is 1.37. The lowest BCUT2D eigenvalue weighted by atomic mass is 10.2. The van der Waals surface area contributed by atoms with Crippen molar-refractivity contribution >= 4 is 12.1 Å². The maximum atomic E-state index is 11.9. The molecule has 0 bridgehead atoms. The molecule has 0 fully saturated rings. The normalized spacial score (nSPS) is 10.7. The molecule has 4 N–H and O–H groups in total. The number of rotatable bonds is 5. The van der Waals surface area contributed by atoms with Crippen LogP contribution in [0.1, 0.15) is 22.8 Å². The highest BCUT2D eigenvalue weighted by atomic mass is 16.5. The summed E-state index contributed by atoms with van der Waals surface area (Å²) in [5, 5.41) is 32.1. The van der Waals surface area contributed by atoms with E-state index < -0.39 is 5.91 Å². The SMILES string of the molecule is CCOc1cc(/C=N\NC(=O)c2ccc(O)cc2O)ccc1O. The summed E-state index contributed by atoms with van der Waals surface area (Å²) in [7, 11) is 0. The quantitative estimate of drug-likeness (QED) is 0.498. The number of amides is 1. The summed E-state index contributed by atoms with van der Waals surface area (Å²) in [4.78, 5) is 11.9. The molecule has 2 rings (SSSR count). The molecule has 0 saturated heterocycles. The van der Waals surface area contributed by atoms with Gasteiger partial charge in [-0.1, -0.05) is 0 Å². The average Bonchev–Trinajstić information content (AvgIpc) is 2.50. The minimum atomic E-state index is -0.623. The molecule has 1 amide bonds. The fourth-order valence-electron chi connectivity index (χ4n) is 1.82. The lowest BCUT2D eigenvalue weighted by Gasteiger charge is -2.06. The first-order valence-corrected chi connectivity index (χ1v) is 6.82. The van der Waals surface area contributed by atoms with E-state index in [0.29, 0.717) is 17.9 Å². The number of aromatic hydroxyl groups is 3. The standard InChI is InChI=1S/C16H16N2O5/c1-2-23-15-7-10(3-6-13(15)20)9-17-18-16(22)12-5-4-11(19)8-14(12)21/h3-9,19-21H,2H2,1H3,(H,18,22)/b17-9-. The largest absolute Gasteiger partial charge is 0.508 e. The molecule has 23 heavy (non-hydrogen) atoms. The molecule has 7 nitrogen and oxygen atoms in total. The minimum absolute atomic E-state index is 0.0133. The Hall–Kier alpha value is -3.22. The molecule has 0 heterocycles. The van der Waals surface area contributed by atoms with Crippen LogP contribution in [0.15, 0.2) is 41.5 Å². The van der Waals surface area contributed by atoms with Crippen molar-refractivity contribution in [3.8, 4) is 23.0 Å². The topological polar surface area (TPSA) is 111 Å². The van der Waals surface area contributed by atoms with E-state index in [2.05, 4.69) is 10.5 Å². The second kappa shape index (κ2) is 7.17. The summed E-state index contributed by atoms with van der Waals surface area (Å²) in [5.41, 5.74) is 2.86. The van der Waals surface area contributed by atoms with Crippen molar-refractivity contribution in [3.63, 3.8) is 0 Å². The first kappa shape index (κ1) is 16.2. The summed E-state index contributed by atoms with van der Waals surface area (Å²) in [5.74, 6) is -0.778. The zero-order chi connectivity index (χ0) is 16.8. The summed E-state index contributed by atoms with van der Waals surface area (Å²) >= 11 is 0. The molecule has 7 heteroatoms. The molecule has 0 aliphatic heterocycles. The first-order valence-electron chi connectivity index (χ1n) is 6.82. The number of phenolic OH excluding ortho intramolecular Hbond substituents is 3. The lowest BCUT2D eigenvalue weighted by molar-refractivity contribution is 0.0952. The number of nitrogens with zero attached hydrogens (tertiary/aromatic N) is 1. The molecule has 0 saturated carbocycles. The summed E-state index contributed by atoms with van der Waals surface area (Å²) in [6.45, 7) is 2.20. The zero-order valence-corrected chi connectivity index (χ0v) is 12.4. The highest BCUT2D eigenvalue weighted by Crippen LogP contribution is 2.26. The number of carbonyl (C=O) groups is 1. The van der Waals surface area contributed by atoms with Crippen LogP contribution in [0.5, 0.6) is 23.0 Å². The minimum Gasteiger partial charge on any atom is -0.508 e. The van der Waals surface area contributed by atoms with Crippen molar-refractivity contribution in [2.24, 2.45) is 5.10 Å². The Labute approximate surface area is 132 Å². The van der Waals surface area contributed by atoms with E-state index in [1.165, 1.54) is 24.4 Å². The van der Waals surface area contributed by atoms with Crippen molar-refractivity contribution in [1.29, 1.82) is 0 Å². The van der Waals surface area contributed by atoms with Gasteiger partial charge in [0.2, 0.25) is 0 Å². The van der Waals surface area contributed by atoms with Crippen molar-refractivity contribution in [2.75, 3.05) is 6.61 Å². The molecule has 0 aliphatic carbocycles. The van der Waals surface area contributed by atoms with Gasteiger partial charge in [-0.05, 0) is 42.8 Å². The van der Waals surface area contributed by atoms with Crippen LogP contribution in [0.3, 0.4) is 0 Å². The molecular formula is C16H16N2O5. The number of carbonyl (C=O) groups excluding carboxylic acids is 1. The van der Waals surface area contributed by atoms with Crippen LogP contribution >= 0.6 is 0 Å².